The number of alkyl halides is 3. The minimum Gasteiger partial charge on any atom is -0.379 e. The monoisotopic (exact) mass is 758 g/mol. The lowest BCUT2D eigenvalue weighted by Crippen LogP contribution is -2.45. The van der Waals surface area contributed by atoms with Gasteiger partial charge < -0.3 is 29.9 Å². The maximum Gasteiger partial charge on any atom is 0.416 e. The van der Waals surface area contributed by atoms with Crippen LogP contribution in [0.1, 0.15) is 56.0 Å². The Morgan fingerprint density at radius 3 is 2.33 bits per heavy atom. The van der Waals surface area contributed by atoms with E-state index in [0.717, 1.165) is 37.5 Å². The molecule has 4 aromatic rings. The standard InChI is InChI=1S/C41H45F3N6O5/c1-27-25-50(26-28(2)55-27)34-10-11-36(47-39(52)30-7-5-8-32(21-30)40(53)48(3)14-15-49-16-18-54-19-17-49)35(23-34)37-22-31(12-13-45-37)38(51)46-24-29-6-4-9-33(20-29)41(42,43)44/h4-13,20-23,27-28H,14-19,24-26H2,1-3H3,(H,46,51)(H,47,52)/t27-,28+. The summed E-state index contributed by atoms with van der Waals surface area (Å²) in [5, 5.41) is 5.69. The van der Waals surface area contributed by atoms with Gasteiger partial charge in [0.15, 0.2) is 0 Å². The van der Waals surface area contributed by atoms with Gasteiger partial charge in [-0.15, -0.1) is 0 Å². The number of hydrogen-bond donors (Lipinski definition) is 2. The Morgan fingerprint density at radius 2 is 1.58 bits per heavy atom. The number of pyridine rings is 1. The van der Waals surface area contributed by atoms with Crippen LogP contribution < -0.4 is 15.5 Å². The molecule has 2 N–H and O–H groups in total. The summed E-state index contributed by atoms with van der Waals surface area (Å²) in [5.74, 6) is -1.15. The first-order valence-corrected chi connectivity index (χ1v) is 18.3. The zero-order chi connectivity index (χ0) is 39.1. The summed E-state index contributed by atoms with van der Waals surface area (Å²) >= 11 is 0. The Hall–Kier alpha value is -5.31. The third-order valence-corrected chi connectivity index (χ3v) is 9.62. The van der Waals surface area contributed by atoms with Crippen LogP contribution in [0, 0.1) is 0 Å². The minimum atomic E-state index is -4.50. The molecule has 3 aromatic carbocycles. The van der Waals surface area contributed by atoms with Crippen LogP contribution in [0.15, 0.2) is 85.1 Å². The van der Waals surface area contributed by atoms with Gasteiger partial charge in [0.1, 0.15) is 0 Å². The molecule has 6 rings (SSSR count). The lowest BCUT2D eigenvalue weighted by atomic mass is 10.0. The van der Waals surface area contributed by atoms with Crippen molar-refractivity contribution in [2.24, 2.45) is 0 Å². The van der Waals surface area contributed by atoms with Crippen LogP contribution in [0.4, 0.5) is 24.5 Å². The summed E-state index contributed by atoms with van der Waals surface area (Å²) in [4.78, 5) is 51.0. The number of morpholine rings is 2. The molecule has 0 radical (unpaired) electrons. The topological polar surface area (TPSA) is 116 Å². The number of nitrogens with zero attached hydrogens (tertiary/aromatic N) is 4. The Labute approximate surface area is 318 Å². The quantitative estimate of drug-likeness (QED) is 0.193. The number of carbonyl (C=O) groups excluding carboxylic acids is 3. The van der Waals surface area contributed by atoms with Gasteiger partial charge in [0.25, 0.3) is 17.7 Å². The van der Waals surface area contributed by atoms with Crippen molar-refractivity contribution in [1.82, 2.24) is 20.1 Å². The molecule has 1 aromatic heterocycles. The zero-order valence-corrected chi connectivity index (χ0v) is 31.1. The third kappa shape index (κ3) is 10.3. The lowest BCUT2D eigenvalue weighted by Gasteiger charge is -2.37. The first-order valence-electron chi connectivity index (χ1n) is 18.3. The number of rotatable bonds is 11. The number of halogens is 3. The molecule has 2 fully saturated rings. The van der Waals surface area contributed by atoms with Gasteiger partial charge in [0.2, 0.25) is 0 Å². The van der Waals surface area contributed by atoms with Crippen molar-refractivity contribution in [2.75, 3.05) is 69.7 Å². The third-order valence-electron chi connectivity index (χ3n) is 9.62. The molecule has 2 atom stereocenters. The first-order chi connectivity index (χ1) is 26.3. The molecule has 0 saturated carbocycles. The maximum atomic E-state index is 13.8. The van der Waals surface area contributed by atoms with Crippen molar-refractivity contribution in [3.05, 3.63) is 113 Å². The summed E-state index contributed by atoms with van der Waals surface area (Å²) in [6, 6.07) is 20.0. The Bertz CT molecular complexity index is 1990. The van der Waals surface area contributed by atoms with Crippen molar-refractivity contribution < 1.29 is 37.0 Å². The van der Waals surface area contributed by atoms with Gasteiger partial charge in [-0.3, -0.25) is 24.3 Å². The maximum absolute atomic E-state index is 13.8. The summed E-state index contributed by atoms with van der Waals surface area (Å²) in [7, 11) is 1.74. The molecule has 0 spiro atoms. The van der Waals surface area contributed by atoms with Gasteiger partial charge in [-0.2, -0.15) is 13.2 Å². The number of anilines is 2. The second-order valence-electron chi connectivity index (χ2n) is 13.9. The first kappa shape index (κ1) is 39.4. The van der Waals surface area contributed by atoms with E-state index in [0.29, 0.717) is 60.9 Å². The largest absolute Gasteiger partial charge is 0.416 e. The van der Waals surface area contributed by atoms with Crippen molar-refractivity contribution in [2.45, 2.75) is 38.8 Å². The number of carbonyl (C=O) groups is 3. The highest BCUT2D eigenvalue weighted by Gasteiger charge is 2.30. The van der Waals surface area contributed by atoms with E-state index >= 15 is 0 Å². The summed E-state index contributed by atoms with van der Waals surface area (Å²) in [5.41, 5.74) is 2.63. The predicted octanol–water partition coefficient (Wildman–Crippen LogP) is 5.97. The van der Waals surface area contributed by atoms with Crippen LogP contribution in [0.2, 0.25) is 0 Å². The fraction of sp³-hybridized carbons (Fsp3) is 0.366. The minimum absolute atomic E-state index is 0.0121. The van der Waals surface area contributed by atoms with Gasteiger partial charge in [0.05, 0.1) is 42.4 Å². The molecule has 14 heteroatoms. The van der Waals surface area contributed by atoms with Crippen LogP contribution in [0.3, 0.4) is 0 Å². The molecule has 2 saturated heterocycles. The van der Waals surface area contributed by atoms with E-state index in [2.05, 4.69) is 25.4 Å². The van der Waals surface area contributed by atoms with Gasteiger partial charge in [-0.25, -0.2) is 0 Å². The molecule has 290 valence electrons. The Kier molecular flexibility index (Phi) is 12.5. The van der Waals surface area contributed by atoms with Crippen molar-refractivity contribution >= 4 is 29.1 Å². The highest BCUT2D eigenvalue weighted by Crippen LogP contribution is 2.34. The number of nitrogens with one attached hydrogen (secondary N) is 2. The lowest BCUT2D eigenvalue weighted by molar-refractivity contribution is -0.137. The molecular formula is C41H45F3N6O5. The van der Waals surface area contributed by atoms with E-state index in [4.69, 9.17) is 9.47 Å². The number of amides is 3. The average molecular weight is 759 g/mol. The smallest absolute Gasteiger partial charge is 0.379 e. The van der Waals surface area contributed by atoms with E-state index in [9.17, 15) is 27.6 Å². The van der Waals surface area contributed by atoms with E-state index in [-0.39, 0.29) is 35.8 Å². The van der Waals surface area contributed by atoms with E-state index in [1.807, 2.05) is 26.0 Å². The molecule has 0 unspecified atom stereocenters. The SMILES string of the molecule is C[C@@H]1CN(c2ccc(NC(=O)c3cccc(C(=O)N(C)CCN4CCOCC4)c3)c(-c3cc(C(=O)NCc4cccc(C(F)(F)F)c4)ccn3)c2)C[C@H](C)O1. The second kappa shape index (κ2) is 17.4. The number of benzene rings is 3. The van der Waals surface area contributed by atoms with Crippen LogP contribution in [-0.2, 0) is 22.2 Å². The Morgan fingerprint density at radius 1 is 0.873 bits per heavy atom. The van der Waals surface area contributed by atoms with E-state index in [1.165, 1.54) is 24.4 Å². The van der Waals surface area contributed by atoms with Crippen molar-refractivity contribution in [1.29, 1.82) is 0 Å². The summed E-state index contributed by atoms with van der Waals surface area (Å²) < 4.78 is 51.1. The number of ether oxygens (including phenoxy) is 2. The van der Waals surface area contributed by atoms with Crippen LogP contribution in [0.25, 0.3) is 11.3 Å². The highest BCUT2D eigenvalue weighted by atomic mass is 19.4. The molecule has 2 aliphatic rings. The van der Waals surface area contributed by atoms with Crippen LogP contribution in [0.5, 0.6) is 0 Å². The summed E-state index contributed by atoms with van der Waals surface area (Å²) in [6.45, 7) is 9.41. The normalized spacial score (nSPS) is 17.7. The van der Waals surface area contributed by atoms with Gasteiger partial charge in [0, 0.05) is 87.0 Å². The van der Waals surface area contributed by atoms with Crippen LogP contribution >= 0.6 is 0 Å². The fourth-order valence-electron chi connectivity index (χ4n) is 6.73. The molecule has 2 aliphatic heterocycles. The number of likely N-dealkylation sites (N-methyl/N-ethyl adjacent to an activating group) is 1. The number of aromatic nitrogens is 1. The zero-order valence-electron chi connectivity index (χ0n) is 31.1. The van der Waals surface area contributed by atoms with Crippen LogP contribution in [-0.4, -0.2) is 104 Å². The predicted molar refractivity (Wildman–Crippen MR) is 203 cm³/mol. The highest BCUT2D eigenvalue weighted by molar-refractivity contribution is 6.08. The Balaban J connectivity index is 1.23. The molecule has 0 aliphatic carbocycles. The second-order valence-corrected chi connectivity index (χ2v) is 13.9. The molecule has 11 nitrogen and oxygen atoms in total. The van der Waals surface area contributed by atoms with Gasteiger partial charge in [-0.1, -0.05) is 18.2 Å². The molecule has 55 heavy (non-hydrogen) atoms. The molecule has 0 bridgehead atoms. The van der Waals surface area contributed by atoms with Gasteiger partial charge in [-0.05, 0) is 80.1 Å². The van der Waals surface area contributed by atoms with E-state index < -0.39 is 23.6 Å². The van der Waals surface area contributed by atoms with Gasteiger partial charge >= 0.3 is 6.18 Å². The fourth-order valence-corrected chi connectivity index (χ4v) is 6.73. The average Bonchev–Trinajstić information content (AvgIpc) is 3.18. The molecule has 3 amide bonds. The summed E-state index contributed by atoms with van der Waals surface area (Å²) in [6.07, 6.45) is -3.06. The van der Waals surface area contributed by atoms with Crippen molar-refractivity contribution in [3.8, 4) is 11.3 Å². The van der Waals surface area contributed by atoms with Crippen molar-refractivity contribution in [3.63, 3.8) is 0 Å². The van der Waals surface area contributed by atoms with E-state index in [1.54, 1.807) is 48.3 Å². The molecule has 3 heterocycles. The molecular weight excluding hydrogens is 713 g/mol. The number of hydrogen-bond acceptors (Lipinski definition) is 8.